The fraction of sp³-hybridized carbons (Fsp3) is 0.524. The first-order valence-corrected chi connectivity index (χ1v) is 9.59. The second kappa shape index (κ2) is 6.86. The van der Waals surface area contributed by atoms with Crippen LogP contribution in [0.1, 0.15) is 57.5 Å². The Balaban J connectivity index is 1.77. The fourth-order valence-electron chi connectivity index (χ4n) is 3.08. The molecule has 6 heteroatoms. The van der Waals surface area contributed by atoms with Crippen molar-refractivity contribution >= 4 is 17.5 Å². The predicted octanol–water partition coefficient (Wildman–Crippen LogP) is 4.68. The van der Waals surface area contributed by atoms with Crippen LogP contribution in [-0.4, -0.2) is 27.9 Å². The molecule has 1 amide bonds. The Bertz CT molecular complexity index is 865. The number of oxazole rings is 1. The van der Waals surface area contributed by atoms with Crippen molar-refractivity contribution in [3.05, 3.63) is 46.1 Å². The highest BCUT2D eigenvalue weighted by atomic mass is 35.5. The molecule has 0 N–H and O–H groups in total. The topological polar surface area (TPSA) is 55.6 Å². The van der Waals surface area contributed by atoms with E-state index < -0.39 is 5.60 Å². The van der Waals surface area contributed by atoms with Gasteiger partial charge in [-0.15, -0.1) is 0 Å². The van der Waals surface area contributed by atoms with Crippen molar-refractivity contribution in [2.45, 2.75) is 65.5 Å². The number of rotatable bonds is 3. The molecule has 2 aromatic rings. The average molecular weight is 391 g/mol. The van der Waals surface area contributed by atoms with E-state index in [1.165, 1.54) is 0 Å². The van der Waals surface area contributed by atoms with Gasteiger partial charge >= 0.3 is 0 Å². The molecule has 1 aromatic carbocycles. The molecule has 0 atom stereocenters. The van der Waals surface area contributed by atoms with Gasteiger partial charge in [-0.25, -0.2) is 4.98 Å². The zero-order chi connectivity index (χ0) is 20.0. The maximum atomic E-state index is 13.1. The van der Waals surface area contributed by atoms with Gasteiger partial charge in [-0.1, -0.05) is 38.4 Å². The standard InChI is InChI=1S/C21H27ClN2O3/c1-13-7-8-14(22)17(11-13)27-21(5,6)19(25)24-10-9-16-15(12-24)23-18(26-16)20(2,3)4/h7-8,11H,9-10,12H2,1-6H3. The molecule has 27 heavy (non-hydrogen) atoms. The molecule has 0 fully saturated rings. The molecule has 0 aliphatic carbocycles. The van der Waals surface area contributed by atoms with Crippen LogP contribution in [0.5, 0.6) is 5.75 Å². The van der Waals surface area contributed by atoms with E-state index in [0.29, 0.717) is 36.2 Å². The van der Waals surface area contributed by atoms with Crippen LogP contribution in [0.2, 0.25) is 5.02 Å². The summed E-state index contributed by atoms with van der Waals surface area (Å²) in [5.41, 5.74) is 0.670. The van der Waals surface area contributed by atoms with Crippen molar-refractivity contribution in [3.63, 3.8) is 0 Å². The van der Waals surface area contributed by atoms with Crippen LogP contribution in [0, 0.1) is 6.92 Å². The van der Waals surface area contributed by atoms with Gasteiger partial charge in [0, 0.05) is 18.4 Å². The van der Waals surface area contributed by atoms with E-state index in [-0.39, 0.29) is 11.3 Å². The SMILES string of the molecule is Cc1ccc(Cl)c(OC(C)(C)C(=O)N2CCc3oc(C(C)(C)C)nc3C2)c1. The Kier molecular flexibility index (Phi) is 5.02. The number of amides is 1. The van der Waals surface area contributed by atoms with Crippen molar-refractivity contribution in [2.24, 2.45) is 0 Å². The zero-order valence-electron chi connectivity index (χ0n) is 16.9. The van der Waals surface area contributed by atoms with Crippen LogP contribution >= 0.6 is 11.6 Å². The number of halogens is 1. The van der Waals surface area contributed by atoms with Crippen LogP contribution in [-0.2, 0) is 23.2 Å². The van der Waals surface area contributed by atoms with Crippen LogP contribution in [0.15, 0.2) is 22.6 Å². The Morgan fingerprint density at radius 2 is 1.96 bits per heavy atom. The normalized spacial score (nSPS) is 14.9. The van der Waals surface area contributed by atoms with Gasteiger partial charge in [-0.2, -0.15) is 0 Å². The minimum atomic E-state index is -1.04. The van der Waals surface area contributed by atoms with E-state index in [4.69, 9.17) is 20.8 Å². The first-order chi connectivity index (χ1) is 12.5. The summed E-state index contributed by atoms with van der Waals surface area (Å²) in [5.74, 6) is 2.02. The second-order valence-corrected chi connectivity index (χ2v) is 9.07. The first-order valence-electron chi connectivity index (χ1n) is 9.21. The lowest BCUT2D eigenvalue weighted by molar-refractivity contribution is -0.146. The van der Waals surface area contributed by atoms with Crippen LogP contribution in [0.4, 0.5) is 0 Å². The highest BCUT2D eigenvalue weighted by Gasteiger charge is 2.38. The number of benzene rings is 1. The highest BCUT2D eigenvalue weighted by Crippen LogP contribution is 2.31. The Morgan fingerprint density at radius 3 is 2.63 bits per heavy atom. The summed E-state index contributed by atoms with van der Waals surface area (Å²) in [4.78, 5) is 19.5. The molecule has 0 spiro atoms. The molecule has 2 heterocycles. The Labute approximate surface area is 165 Å². The van der Waals surface area contributed by atoms with Crippen LogP contribution in [0.25, 0.3) is 0 Å². The third-order valence-electron chi connectivity index (χ3n) is 4.62. The number of hydrogen-bond donors (Lipinski definition) is 0. The molecular weight excluding hydrogens is 364 g/mol. The second-order valence-electron chi connectivity index (χ2n) is 8.66. The lowest BCUT2D eigenvalue weighted by Gasteiger charge is -2.34. The number of ether oxygens (including phenoxy) is 1. The van der Waals surface area contributed by atoms with Gasteiger partial charge in [0.2, 0.25) is 0 Å². The van der Waals surface area contributed by atoms with Crippen molar-refractivity contribution < 1.29 is 13.9 Å². The molecule has 5 nitrogen and oxygen atoms in total. The smallest absolute Gasteiger partial charge is 0.266 e. The van der Waals surface area contributed by atoms with Crippen molar-refractivity contribution in [2.75, 3.05) is 6.54 Å². The summed E-state index contributed by atoms with van der Waals surface area (Å²) in [6, 6.07) is 5.54. The molecular formula is C21H27ClN2O3. The van der Waals surface area contributed by atoms with Crippen molar-refractivity contribution in [1.29, 1.82) is 0 Å². The lowest BCUT2D eigenvalue weighted by Crippen LogP contribution is -2.50. The minimum Gasteiger partial charge on any atom is -0.476 e. The number of aromatic nitrogens is 1. The third-order valence-corrected chi connectivity index (χ3v) is 4.94. The molecule has 1 aliphatic rings. The molecule has 1 aromatic heterocycles. The van der Waals surface area contributed by atoms with E-state index in [9.17, 15) is 4.79 Å². The fourth-order valence-corrected chi connectivity index (χ4v) is 3.24. The lowest BCUT2D eigenvalue weighted by atomic mass is 9.97. The summed E-state index contributed by atoms with van der Waals surface area (Å²) < 4.78 is 11.9. The first kappa shape index (κ1) is 19.7. The van der Waals surface area contributed by atoms with E-state index in [0.717, 1.165) is 17.0 Å². The zero-order valence-corrected chi connectivity index (χ0v) is 17.6. The Hall–Kier alpha value is -2.01. The minimum absolute atomic E-state index is 0.0916. The number of carbonyl (C=O) groups is 1. The van der Waals surface area contributed by atoms with E-state index in [1.807, 2.05) is 19.1 Å². The van der Waals surface area contributed by atoms with Crippen molar-refractivity contribution in [1.82, 2.24) is 9.88 Å². The molecule has 146 valence electrons. The number of nitrogens with zero attached hydrogens (tertiary/aromatic N) is 2. The number of aryl methyl sites for hydroxylation is 1. The number of fused-ring (bicyclic) bond motifs is 1. The van der Waals surface area contributed by atoms with Crippen LogP contribution in [0.3, 0.4) is 0 Å². The average Bonchev–Trinajstić information content (AvgIpc) is 3.00. The van der Waals surface area contributed by atoms with Crippen LogP contribution < -0.4 is 4.74 Å². The molecule has 0 saturated heterocycles. The summed E-state index contributed by atoms with van der Waals surface area (Å²) in [7, 11) is 0. The predicted molar refractivity (Wildman–Crippen MR) is 105 cm³/mol. The highest BCUT2D eigenvalue weighted by molar-refractivity contribution is 6.32. The van der Waals surface area contributed by atoms with Gasteiger partial charge in [0.05, 0.1) is 11.6 Å². The molecule has 0 radical (unpaired) electrons. The maximum Gasteiger partial charge on any atom is 0.266 e. The monoisotopic (exact) mass is 390 g/mol. The van der Waals surface area contributed by atoms with Gasteiger partial charge in [0.1, 0.15) is 17.2 Å². The molecule has 1 aliphatic heterocycles. The quantitative estimate of drug-likeness (QED) is 0.763. The summed E-state index contributed by atoms with van der Waals surface area (Å²) >= 11 is 6.23. The van der Waals surface area contributed by atoms with Gasteiger partial charge in [0.15, 0.2) is 11.5 Å². The largest absolute Gasteiger partial charge is 0.476 e. The molecule has 0 saturated carbocycles. The van der Waals surface area contributed by atoms with E-state index in [1.54, 1.807) is 24.8 Å². The summed E-state index contributed by atoms with van der Waals surface area (Å²) in [6.45, 7) is 12.7. The maximum absolute atomic E-state index is 13.1. The third kappa shape index (κ3) is 4.13. The molecule has 3 rings (SSSR count). The molecule has 0 bridgehead atoms. The molecule has 0 unspecified atom stereocenters. The number of carbonyl (C=O) groups excluding carboxylic acids is 1. The number of hydrogen-bond acceptors (Lipinski definition) is 4. The van der Waals surface area contributed by atoms with Crippen molar-refractivity contribution in [3.8, 4) is 5.75 Å². The summed E-state index contributed by atoms with van der Waals surface area (Å²) in [6.07, 6.45) is 0.658. The van der Waals surface area contributed by atoms with E-state index >= 15 is 0 Å². The van der Waals surface area contributed by atoms with Gasteiger partial charge in [0.25, 0.3) is 5.91 Å². The summed E-state index contributed by atoms with van der Waals surface area (Å²) in [5, 5.41) is 0.494. The van der Waals surface area contributed by atoms with Gasteiger partial charge in [-0.3, -0.25) is 4.79 Å². The van der Waals surface area contributed by atoms with Gasteiger partial charge < -0.3 is 14.1 Å². The van der Waals surface area contributed by atoms with Gasteiger partial charge in [-0.05, 0) is 38.5 Å². The Morgan fingerprint density at radius 1 is 1.26 bits per heavy atom. The van der Waals surface area contributed by atoms with E-state index in [2.05, 4.69) is 25.8 Å².